The van der Waals surface area contributed by atoms with Crippen molar-refractivity contribution in [1.82, 2.24) is 9.80 Å². The summed E-state index contributed by atoms with van der Waals surface area (Å²) in [6, 6.07) is 21.6. The summed E-state index contributed by atoms with van der Waals surface area (Å²) in [4.78, 5) is 5.11. The number of benzene rings is 2. The lowest BCUT2D eigenvalue weighted by atomic mass is 9.79. The van der Waals surface area contributed by atoms with Gasteiger partial charge in [0.15, 0.2) is 0 Å². The van der Waals surface area contributed by atoms with E-state index in [1.54, 1.807) is 0 Å². The molecule has 0 saturated carbocycles. The predicted molar refractivity (Wildman–Crippen MR) is 95.8 cm³/mol. The molecule has 0 radical (unpaired) electrons. The zero-order valence-corrected chi connectivity index (χ0v) is 14.1. The monoisotopic (exact) mass is 326 g/mol. The Kier molecular flexibility index (Phi) is 4.14. The van der Waals surface area contributed by atoms with Crippen LogP contribution in [0, 0.1) is 0 Å². The minimum absolute atomic E-state index is 0.0131. The van der Waals surface area contributed by atoms with Gasteiger partial charge in [0, 0.05) is 26.2 Å². The van der Waals surface area contributed by atoms with Crippen molar-refractivity contribution in [2.24, 2.45) is 0 Å². The van der Waals surface area contributed by atoms with Gasteiger partial charge in [0.05, 0.1) is 5.54 Å². The van der Waals surface area contributed by atoms with Crippen molar-refractivity contribution in [1.29, 1.82) is 0 Å². The van der Waals surface area contributed by atoms with E-state index in [1.807, 2.05) is 0 Å². The highest BCUT2D eigenvalue weighted by Gasteiger charge is 2.51. The SMILES string of the molecule is ClC1N2CCN(CC2)C1(Cc1ccccc1)Cc1ccccc1. The van der Waals surface area contributed by atoms with Gasteiger partial charge in [-0.15, -0.1) is 11.6 Å². The van der Waals surface area contributed by atoms with Crippen LogP contribution in [0.5, 0.6) is 0 Å². The van der Waals surface area contributed by atoms with Gasteiger partial charge in [-0.3, -0.25) is 9.80 Å². The molecule has 1 atom stereocenters. The molecule has 3 heterocycles. The summed E-state index contributed by atoms with van der Waals surface area (Å²) in [6.45, 7) is 4.45. The number of hydrogen-bond donors (Lipinski definition) is 0. The normalized spacial score (nSPS) is 28.7. The standard InChI is InChI=1S/C20H23ClN2/c21-19-20(15-17-7-3-1-4-8-17,16-18-9-5-2-6-10-18)23-13-11-22(19)12-14-23/h1-10,19H,11-16H2. The van der Waals surface area contributed by atoms with Crippen LogP contribution in [0.4, 0.5) is 0 Å². The van der Waals surface area contributed by atoms with Crippen molar-refractivity contribution in [3.8, 4) is 0 Å². The molecule has 3 fully saturated rings. The lowest BCUT2D eigenvalue weighted by Gasteiger charge is -2.59. The molecule has 3 saturated heterocycles. The van der Waals surface area contributed by atoms with Crippen LogP contribution in [0.3, 0.4) is 0 Å². The number of hydrogen-bond acceptors (Lipinski definition) is 2. The largest absolute Gasteiger partial charge is 0.292 e. The zero-order chi connectivity index (χ0) is 15.7. The van der Waals surface area contributed by atoms with Gasteiger partial charge in [-0.05, 0) is 24.0 Å². The van der Waals surface area contributed by atoms with E-state index in [0.717, 1.165) is 39.0 Å². The summed E-state index contributed by atoms with van der Waals surface area (Å²) < 4.78 is 0. The fourth-order valence-electron chi connectivity index (χ4n) is 4.24. The van der Waals surface area contributed by atoms with Crippen LogP contribution in [0.15, 0.2) is 60.7 Å². The first-order valence-electron chi connectivity index (χ1n) is 8.49. The highest BCUT2D eigenvalue weighted by molar-refractivity contribution is 6.21. The van der Waals surface area contributed by atoms with Gasteiger partial charge in [0.2, 0.25) is 0 Å². The fraction of sp³-hybridized carbons (Fsp3) is 0.400. The highest BCUT2D eigenvalue weighted by atomic mass is 35.5. The molecule has 3 aliphatic rings. The third kappa shape index (κ3) is 2.80. The number of piperazine rings is 3. The second kappa shape index (κ2) is 6.27. The van der Waals surface area contributed by atoms with Gasteiger partial charge in [-0.2, -0.15) is 0 Å². The number of halogens is 1. The van der Waals surface area contributed by atoms with E-state index in [9.17, 15) is 0 Å². The van der Waals surface area contributed by atoms with Gasteiger partial charge < -0.3 is 0 Å². The van der Waals surface area contributed by atoms with Crippen LogP contribution in [-0.2, 0) is 12.8 Å². The fourth-order valence-corrected chi connectivity index (χ4v) is 4.73. The topological polar surface area (TPSA) is 6.48 Å². The Balaban J connectivity index is 1.71. The van der Waals surface area contributed by atoms with Gasteiger partial charge in [0.25, 0.3) is 0 Å². The van der Waals surface area contributed by atoms with Crippen LogP contribution in [-0.4, -0.2) is 47.0 Å². The molecule has 0 aromatic heterocycles. The van der Waals surface area contributed by atoms with E-state index < -0.39 is 0 Å². The van der Waals surface area contributed by atoms with Crippen molar-refractivity contribution in [3.05, 3.63) is 71.8 Å². The predicted octanol–water partition coefficient (Wildman–Crippen LogP) is 3.41. The summed E-state index contributed by atoms with van der Waals surface area (Å²) in [7, 11) is 0. The third-order valence-electron chi connectivity index (χ3n) is 5.41. The maximum atomic E-state index is 7.02. The first-order chi connectivity index (χ1) is 11.3. The van der Waals surface area contributed by atoms with E-state index in [0.29, 0.717) is 0 Å². The second-order valence-electron chi connectivity index (χ2n) is 6.79. The molecular weight excluding hydrogens is 304 g/mol. The summed E-state index contributed by atoms with van der Waals surface area (Å²) in [5.41, 5.74) is 2.82. The maximum absolute atomic E-state index is 7.02. The molecular formula is C20H23ClN2. The van der Waals surface area contributed by atoms with Gasteiger partial charge in [-0.1, -0.05) is 60.7 Å². The molecule has 120 valence electrons. The molecule has 0 aliphatic carbocycles. The molecule has 2 nitrogen and oxygen atoms in total. The second-order valence-corrected chi connectivity index (χ2v) is 7.20. The Hall–Kier alpha value is -1.35. The summed E-state index contributed by atoms with van der Waals surface area (Å²) >= 11 is 7.02. The van der Waals surface area contributed by atoms with Crippen molar-refractivity contribution in [3.63, 3.8) is 0 Å². The van der Waals surface area contributed by atoms with Crippen LogP contribution >= 0.6 is 11.6 Å². The van der Waals surface area contributed by atoms with E-state index >= 15 is 0 Å². The van der Waals surface area contributed by atoms with Crippen molar-refractivity contribution < 1.29 is 0 Å². The lowest BCUT2D eigenvalue weighted by Crippen LogP contribution is -2.73. The Morgan fingerprint density at radius 2 is 1.26 bits per heavy atom. The van der Waals surface area contributed by atoms with Crippen molar-refractivity contribution in [2.45, 2.75) is 23.9 Å². The zero-order valence-electron chi connectivity index (χ0n) is 13.4. The van der Waals surface area contributed by atoms with E-state index in [4.69, 9.17) is 11.6 Å². The van der Waals surface area contributed by atoms with Crippen LogP contribution in [0.25, 0.3) is 0 Å². The summed E-state index contributed by atoms with van der Waals surface area (Å²) in [5, 5.41) is 0. The molecule has 3 heteroatoms. The number of alkyl halides is 1. The van der Waals surface area contributed by atoms with Crippen molar-refractivity contribution >= 4 is 11.6 Å². The minimum atomic E-state index is -0.0131. The van der Waals surface area contributed by atoms with Crippen LogP contribution < -0.4 is 0 Å². The average Bonchev–Trinajstić information content (AvgIpc) is 2.61. The summed E-state index contributed by atoms with van der Waals surface area (Å²) in [6.07, 6.45) is 2.01. The molecule has 2 aromatic carbocycles. The number of fused-ring (bicyclic) bond motifs is 3. The molecule has 0 amide bonds. The lowest BCUT2D eigenvalue weighted by molar-refractivity contribution is -0.0719. The van der Waals surface area contributed by atoms with Gasteiger partial charge in [-0.25, -0.2) is 0 Å². The number of rotatable bonds is 4. The molecule has 5 rings (SSSR count). The van der Waals surface area contributed by atoms with Crippen molar-refractivity contribution in [2.75, 3.05) is 26.2 Å². The van der Waals surface area contributed by atoms with Gasteiger partial charge in [0.1, 0.15) is 5.50 Å². The summed E-state index contributed by atoms with van der Waals surface area (Å²) in [5.74, 6) is 0. The Morgan fingerprint density at radius 1 is 0.783 bits per heavy atom. The molecule has 2 aromatic rings. The third-order valence-corrected chi connectivity index (χ3v) is 6.10. The van der Waals surface area contributed by atoms with E-state index in [1.165, 1.54) is 11.1 Å². The molecule has 2 bridgehead atoms. The first-order valence-corrected chi connectivity index (χ1v) is 8.93. The molecule has 23 heavy (non-hydrogen) atoms. The van der Waals surface area contributed by atoms with Crippen LogP contribution in [0.2, 0.25) is 0 Å². The van der Waals surface area contributed by atoms with E-state index in [2.05, 4.69) is 70.5 Å². The van der Waals surface area contributed by atoms with Crippen LogP contribution in [0.1, 0.15) is 11.1 Å². The van der Waals surface area contributed by atoms with Gasteiger partial charge >= 0.3 is 0 Å². The highest BCUT2D eigenvalue weighted by Crippen LogP contribution is 2.39. The quantitative estimate of drug-likeness (QED) is 0.627. The number of nitrogens with zero attached hydrogens (tertiary/aromatic N) is 2. The van der Waals surface area contributed by atoms with E-state index in [-0.39, 0.29) is 11.0 Å². The molecule has 1 unspecified atom stereocenters. The molecule has 0 spiro atoms. The Morgan fingerprint density at radius 3 is 1.70 bits per heavy atom. The molecule has 3 aliphatic heterocycles. The first kappa shape index (κ1) is 15.2. The molecule has 0 N–H and O–H groups in total. The Labute approximate surface area is 143 Å². The Bertz CT molecular complexity index is 590. The maximum Gasteiger partial charge on any atom is 0.104 e. The smallest absolute Gasteiger partial charge is 0.104 e. The minimum Gasteiger partial charge on any atom is -0.292 e. The average molecular weight is 327 g/mol.